The summed E-state index contributed by atoms with van der Waals surface area (Å²) in [6, 6.07) is 23.3. The van der Waals surface area contributed by atoms with Gasteiger partial charge in [0.15, 0.2) is 0 Å². The molecule has 0 saturated heterocycles. The first kappa shape index (κ1) is 31.2. The van der Waals surface area contributed by atoms with Gasteiger partial charge in [0.1, 0.15) is 6.04 Å². The van der Waals surface area contributed by atoms with Crippen LogP contribution < -0.4 is 9.62 Å². The van der Waals surface area contributed by atoms with Gasteiger partial charge in [-0.15, -0.1) is 0 Å². The molecule has 3 aromatic rings. The number of para-hydroxylation sites is 1. The van der Waals surface area contributed by atoms with Crippen LogP contribution in [0.1, 0.15) is 42.9 Å². The van der Waals surface area contributed by atoms with Crippen LogP contribution in [0.15, 0.2) is 78.9 Å². The van der Waals surface area contributed by atoms with Crippen molar-refractivity contribution in [3.8, 4) is 0 Å². The van der Waals surface area contributed by atoms with Crippen LogP contribution in [0.3, 0.4) is 0 Å². The fraction of sp³-hybridized carbons (Fsp3) is 0.355. The van der Waals surface area contributed by atoms with E-state index in [1.165, 1.54) is 10.6 Å². The normalized spacial score (nSPS) is 12.0. The number of benzene rings is 3. The van der Waals surface area contributed by atoms with Crippen molar-refractivity contribution in [1.29, 1.82) is 0 Å². The predicted molar refractivity (Wildman–Crippen MR) is 162 cm³/mol. The summed E-state index contributed by atoms with van der Waals surface area (Å²) < 4.78 is 26.6. The second-order valence-electron chi connectivity index (χ2n) is 9.83. The van der Waals surface area contributed by atoms with Crippen molar-refractivity contribution >= 4 is 39.1 Å². The first-order valence-corrected chi connectivity index (χ1v) is 15.7. The molecule has 7 nitrogen and oxygen atoms in total. The van der Waals surface area contributed by atoms with E-state index in [0.29, 0.717) is 23.7 Å². The second kappa shape index (κ2) is 14.9. The molecule has 1 N–H and O–H groups in total. The minimum Gasteiger partial charge on any atom is -0.354 e. The molecule has 0 heterocycles. The highest BCUT2D eigenvalue weighted by Gasteiger charge is 2.31. The van der Waals surface area contributed by atoms with Gasteiger partial charge in [-0.2, -0.15) is 0 Å². The monoisotopic (exact) mass is 583 g/mol. The molecule has 0 unspecified atom stereocenters. The molecule has 40 heavy (non-hydrogen) atoms. The molecule has 0 aliphatic carbocycles. The van der Waals surface area contributed by atoms with E-state index in [1.807, 2.05) is 74.5 Å². The number of halogens is 1. The first-order valence-electron chi connectivity index (χ1n) is 13.5. The highest BCUT2D eigenvalue weighted by Crippen LogP contribution is 2.24. The van der Waals surface area contributed by atoms with E-state index in [2.05, 4.69) is 5.32 Å². The Hall–Kier alpha value is -3.36. The maximum atomic E-state index is 13.8. The molecule has 3 aromatic carbocycles. The van der Waals surface area contributed by atoms with Crippen molar-refractivity contribution in [3.05, 3.63) is 101 Å². The Bertz CT molecular complexity index is 1380. The number of anilines is 1. The van der Waals surface area contributed by atoms with E-state index in [9.17, 15) is 18.0 Å². The number of hydrogen-bond donors (Lipinski definition) is 1. The summed E-state index contributed by atoms with van der Waals surface area (Å²) in [5, 5.41) is 3.47. The van der Waals surface area contributed by atoms with Crippen molar-refractivity contribution in [2.75, 3.05) is 23.7 Å². The van der Waals surface area contributed by atoms with Crippen LogP contribution in [0.4, 0.5) is 5.69 Å². The molecule has 0 radical (unpaired) electrons. The summed E-state index contributed by atoms with van der Waals surface area (Å²) in [4.78, 5) is 28.9. The summed E-state index contributed by atoms with van der Waals surface area (Å²) in [7, 11) is -3.57. The molecule has 0 bridgehead atoms. The van der Waals surface area contributed by atoms with Gasteiger partial charge >= 0.3 is 0 Å². The topological polar surface area (TPSA) is 86.8 Å². The Morgan fingerprint density at radius 3 is 2.25 bits per heavy atom. The summed E-state index contributed by atoms with van der Waals surface area (Å²) >= 11 is 6.47. The summed E-state index contributed by atoms with van der Waals surface area (Å²) in [5.74, 6) is -0.477. The molecule has 0 aliphatic heterocycles. The van der Waals surface area contributed by atoms with Crippen LogP contribution in [0.5, 0.6) is 0 Å². The Morgan fingerprint density at radius 1 is 0.950 bits per heavy atom. The van der Waals surface area contributed by atoms with Crippen LogP contribution in [0, 0.1) is 6.92 Å². The van der Waals surface area contributed by atoms with Gasteiger partial charge in [0.05, 0.1) is 11.9 Å². The van der Waals surface area contributed by atoms with Crippen molar-refractivity contribution in [1.82, 2.24) is 10.2 Å². The molecule has 214 valence electrons. The van der Waals surface area contributed by atoms with Crippen LogP contribution in [-0.2, 0) is 32.6 Å². The highest BCUT2D eigenvalue weighted by atomic mass is 35.5. The number of hydrogen-bond acceptors (Lipinski definition) is 4. The SMILES string of the molecule is CCCNC(=O)[C@H](Cc1ccccc1)N(Cc1ccccc1Cl)C(=O)CCCN(c1ccccc1C)S(C)(=O)=O. The molecule has 0 fully saturated rings. The van der Waals surface area contributed by atoms with Crippen LogP contribution in [-0.4, -0.2) is 50.5 Å². The van der Waals surface area contributed by atoms with Crippen molar-refractivity contribution in [2.24, 2.45) is 0 Å². The van der Waals surface area contributed by atoms with Crippen LogP contribution in [0.25, 0.3) is 0 Å². The first-order chi connectivity index (χ1) is 19.1. The third-order valence-electron chi connectivity index (χ3n) is 6.66. The van der Waals surface area contributed by atoms with Crippen LogP contribution in [0.2, 0.25) is 5.02 Å². The van der Waals surface area contributed by atoms with Gasteiger partial charge in [0, 0.05) is 37.5 Å². The predicted octanol–water partition coefficient (Wildman–Crippen LogP) is 5.36. The second-order valence-corrected chi connectivity index (χ2v) is 12.1. The minimum absolute atomic E-state index is 0.0642. The minimum atomic E-state index is -3.57. The average molecular weight is 584 g/mol. The molecular weight excluding hydrogens is 546 g/mol. The average Bonchev–Trinajstić information content (AvgIpc) is 2.93. The molecule has 0 aliphatic rings. The molecule has 3 rings (SSSR count). The maximum Gasteiger partial charge on any atom is 0.243 e. The molecule has 0 saturated carbocycles. The third-order valence-corrected chi connectivity index (χ3v) is 8.20. The number of amides is 2. The molecule has 1 atom stereocenters. The number of sulfonamides is 1. The van der Waals surface area contributed by atoms with E-state index in [1.54, 1.807) is 23.1 Å². The standard InChI is InChI=1S/C31H38ClN3O4S/c1-4-20-33-31(37)29(22-25-14-6-5-7-15-25)34(23-26-16-9-10-17-27(26)32)30(36)19-12-21-35(40(3,38)39)28-18-11-8-13-24(28)2/h5-11,13-18,29H,4,12,19-23H2,1-3H3,(H,33,37)/t29-/m0/s1. The molecular formula is C31H38ClN3O4S. The molecule has 2 amide bonds. The van der Waals surface area contributed by atoms with E-state index in [-0.39, 0.29) is 37.7 Å². The Morgan fingerprint density at radius 2 is 1.60 bits per heavy atom. The summed E-state index contributed by atoms with van der Waals surface area (Å²) in [5.41, 5.74) is 3.08. The molecule has 0 spiro atoms. The van der Waals surface area contributed by atoms with E-state index >= 15 is 0 Å². The highest BCUT2D eigenvalue weighted by molar-refractivity contribution is 7.92. The number of nitrogens with zero attached hydrogens (tertiary/aromatic N) is 2. The van der Waals surface area contributed by atoms with E-state index in [4.69, 9.17) is 11.6 Å². The lowest BCUT2D eigenvalue weighted by molar-refractivity contribution is -0.141. The lowest BCUT2D eigenvalue weighted by Crippen LogP contribution is -2.50. The number of carbonyl (C=O) groups excluding carboxylic acids is 2. The largest absolute Gasteiger partial charge is 0.354 e. The van der Waals surface area contributed by atoms with Gasteiger partial charge in [-0.1, -0.05) is 85.3 Å². The zero-order valence-electron chi connectivity index (χ0n) is 23.3. The lowest BCUT2D eigenvalue weighted by Gasteiger charge is -2.32. The van der Waals surface area contributed by atoms with Gasteiger partial charge in [-0.3, -0.25) is 13.9 Å². The fourth-order valence-corrected chi connectivity index (χ4v) is 5.77. The van der Waals surface area contributed by atoms with E-state index in [0.717, 1.165) is 23.1 Å². The maximum absolute atomic E-state index is 13.8. The lowest BCUT2D eigenvalue weighted by atomic mass is 10.0. The van der Waals surface area contributed by atoms with Gasteiger partial charge in [-0.25, -0.2) is 8.42 Å². The number of carbonyl (C=O) groups is 2. The van der Waals surface area contributed by atoms with Gasteiger partial charge < -0.3 is 10.2 Å². The van der Waals surface area contributed by atoms with Crippen molar-refractivity contribution < 1.29 is 18.0 Å². The fourth-order valence-electron chi connectivity index (χ4n) is 4.56. The quantitative estimate of drug-likeness (QED) is 0.277. The smallest absolute Gasteiger partial charge is 0.243 e. The zero-order valence-corrected chi connectivity index (χ0v) is 24.9. The van der Waals surface area contributed by atoms with Gasteiger partial charge in [0.2, 0.25) is 21.8 Å². The molecule has 0 aromatic heterocycles. The molecule has 9 heteroatoms. The number of aryl methyl sites for hydroxylation is 1. The Balaban J connectivity index is 1.89. The van der Waals surface area contributed by atoms with Crippen molar-refractivity contribution in [2.45, 2.75) is 52.1 Å². The van der Waals surface area contributed by atoms with Crippen molar-refractivity contribution in [3.63, 3.8) is 0 Å². The van der Waals surface area contributed by atoms with E-state index < -0.39 is 16.1 Å². The Kier molecular flexibility index (Phi) is 11.6. The zero-order chi connectivity index (χ0) is 29.1. The van der Waals surface area contributed by atoms with Crippen LogP contribution >= 0.6 is 11.6 Å². The van der Waals surface area contributed by atoms with Gasteiger partial charge in [0.25, 0.3) is 0 Å². The number of nitrogens with one attached hydrogen (secondary N) is 1. The van der Waals surface area contributed by atoms with Gasteiger partial charge in [-0.05, 0) is 48.6 Å². The summed E-state index contributed by atoms with van der Waals surface area (Å²) in [6.07, 6.45) is 2.62. The summed E-state index contributed by atoms with van der Waals surface area (Å²) in [6.45, 7) is 4.62. The number of rotatable bonds is 14. The third kappa shape index (κ3) is 8.83. The Labute approximate surface area is 243 Å².